The Morgan fingerprint density at radius 1 is 1.38 bits per heavy atom. The molecule has 6 nitrogen and oxygen atoms in total. The maximum Gasteiger partial charge on any atom is 0.257 e. The highest BCUT2D eigenvalue weighted by Crippen LogP contribution is 2.15. The molecule has 0 aliphatic rings. The van der Waals surface area contributed by atoms with Gasteiger partial charge in [-0.3, -0.25) is 15.1 Å². The van der Waals surface area contributed by atoms with Gasteiger partial charge in [0.05, 0.1) is 0 Å². The molecule has 16 heavy (non-hydrogen) atoms. The van der Waals surface area contributed by atoms with E-state index in [4.69, 9.17) is 5.73 Å². The monoisotopic (exact) mass is 235 g/mol. The van der Waals surface area contributed by atoms with Crippen molar-refractivity contribution < 1.29 is 4.79 Å². The highest BCUT2D eigenvalue weighted by Gasteiger charge is 2.08. The summed E-state index contributed by atoms with van der Waals surface area (Å²) in [6.07, 6.45) is 3.11. The molecule has 0 atom stereocenters. The second-order valence-corrected chi connectivity index (χ2v) is 3.96. The van der Waals surface area contributed by atoms with Crippen molar-refractivity contribution in [1.82, 2.24) is 15.2 Å². The molecule has 0 spiro atoms. The van der Waals surface area contributed by atoms with Crippen LogP contribution in [-0.2, 0) is 6.54 Å². The second kappa shape index (κ2) is 4.77. The predicted molar refractivity (Wildman–Crippen MR) is 60.0 cm³/mol. The molecule has 0 saturated heterocycles. The number of pyridine rings is 1. The normalized spacial score (nSPS) is 10.1. The van der Waals surface area contributed by atoms with Crippen LogP contribution in [0, 0.1) is 0 Å². The zero-order valence-corrected chi connectivity index (χ0v) is 9.07. The molecular weight excluding hydrogens is 226 g/mol. The van der Waals surface area contributed by atoms with Gasteiger partial charge in [0.1, 0.15) is 5.01 Å². The molecule has 0 aliphatic heterocycles. The van der Waals surface area contributed by atoms with Crippen LogP contribution in [0.3, 0.4) is 0 Å². The number of nitrogens with two attached hydrogens (primary N) is 1. The molecule has 0 aliphatic carbocycles. The largest absolute Gasteiger partial charge is 0.324 e. The Morgan fingerprint density at radius 3 is 2.75 bits per heavy atom. The lowest BCUT2D eigenvalue weighted by Crippen LogP contribution is -2.11. The van der Waals surface area contributed by atoms with Crippen molar-refractivity contribution in [3.8, 4) is 0 Å². The number of amides is 1. The topological polar surface area (TPSA) is 93.8 Å². The number of nitrogens with zero attached hydrogens (tertiary/aromatic N) is 3. The van der Waals surface area contributed by atoms with Crippen molar-refractivity contribution in [2.45, 2.75) is 6.54 Å². The molecule has 2 rings (SSSR count). The fourth-order valence-corrected chi connectivity index (χ4v) is 1.67. The summed E-state index contributed by atoms with van der Waals surface area (Å²) in [6.45, 7) is 0.322. The first kappa shape index (κ1) is 10.7. The van der Waals surface area contributed by atoms with Gasteiger partial charge < -0.3 is 5.73 Å². The van der Waals surface area contributed by atoms with Gasteiger partial charge in [0.15, 0.2) is 0 Å². The molecule has 2 aromatic rings. The Balaban J connectivity index is 2.08. The van der Waals surface area contributed by atoms with Crippen LogP contribution in [0.25, 0.3) is 0 Å². The van der Waals surface area contributed by atoms with E-state index in [9.17, 15) is 4.79 Å². The Kier molecular flexibility index (Phi) is 3.18. The molecule has 0 unspecified atom stereocenters. The van der Waals surface area contributed by atoms with Crippen molar-refractivity contribution in [2.24, 2.45) is 5.73 Å². The van der Waals surface area contributed by atoms with Gasteiger partial charge in [-0.1, -0.05) is 11.3 Å². The summed E-state index contributed by atoms with van der Waals surface area (Å²) >= 11 is 1.26. The summed E-state index contributed by atoms with van der Waals surface area (Å²) in [5, 5.41) is 11.4. The van der Waals surface area contributed by atoms with Crippen molar-refractivity contribution in [3.63, 3.8) is 0 Å². The molecule has 0 aromatic carbocycles. The van der Waals surface area contributed by atoms with E-state index in [1.807, 2.05) is 0 Å². The van der Waals surface area contributed by atoms with E-state index in [2.05, 4.69) is 20.5 Å². The summed E-state index contributed by atoms with van der Waals surface area (Å²) in [4.78, 5) is 15.5. The van der Waals surface area contributed by atoms with Crippen LogP contribution >= 0.6 is 11.3 Å². The molecule has 0 fully saturated rings. The number of rotatable bonds is 3. The predicted octanol–water partition coefficient (Wildman–Crippen LogP) is 0.644. The van der Waals surface area contributed by atoms with Gasteiger partial charge in [0.25, 0.3) is 5.91 Å². The van der Waals surface area contributed by atoms with Crippen LogP contribution in [0.2, 0.25) is 0 Å². The zero-order valence-electron chi connectivity index (χ0n) is 8.25. The fraction of sp³-hybridized carbons (Fsp3) is 0.111. The third-order valence-corrected chi connectivity index (χ3v) is 2.67. The summed E-state index contributed by atoms with van der Waals surface area (Å²) in [6, 6.07) is 3.25. The second-order valence-electron chi connectivity index (χ2n) is 2.90. The number of carbonyl (C=O) groups is 1. The number of carbonyl (C=O) groups excluding carboxylic acids is 1. The van der Waals surface area contributed by atoms with E-state index in [0.29, 0.717) is 22.2 Å². The number of hydrogen-bond donors (Lipinski definition) is 2. The average Bonchev–Trinajstić information content (AvgIpc) is 2.78. The third kappa shape index (κ3) is 2.38. The highest BCUT2D eigenvalue weighted by atomic mass is 32.1. The van der Waals surface area contributed by atoms with Gasteiger partial charge in [0.2, 0.25) is 5.13 Å². The first-order chi connectivity index (χ1) is 7.79. The van der Waals surface area contributed by atoms with E-state index in [1.165, 1.54) is 11.3 Å². The lowest BCUT2D eigenvalue weighted by molar-refractivity contribution is 0.102. The summed E-state index contributed by atoms with van der Waals surface area (Å²) in [5.41, 5.74) is 5.92. The maximum atomic E-state index is 11.7. The molecule has 3 N–H and O–H groups in total. The smallest absolute Gasteiger partial charge is 0.257 e. The number of aromatic nitrogens is 3. The van der Waals surface area contributed by atoms with Crippen LogP contribution in [-0.4, -0.2) is 21.1 Å². The van der Waals surface area contributed by atoms with Gasteiger partial charge >= 0.3 is 0 Å². The van der Waals surface area contributed by atoms with Crippen LogP contribution in [0.15, 0.2) is 24.5 Å². The van der Waals surface area contributed by atoms with Crippen LogP contribution in [0.5, 0.6) is 0 Å². The van der Waals surface area contributed by atoms with Crippen molar-refractivity contribution in [1.29, 1.82) is 0 Å². The summed E-state index contributed by atoms with van der Waals surface area (Å²) in [7, 11) is 0. The fourth-order valence-electron chi connectivity index (χ4n) is 1.06. The van der Waals surface area contributed by atoms with Crippen molar-refractivity contribution in [3.05, 3.63) is 35.1 Å². The standard InChI is InChI=1S/C9H9N5OS/c10-5-7-13-14-9(16-7)12-8(15)6-1-3-11-4-2-6/h1-4H,5,10H2,(H,12,14,15). The minimum Gasteiger partial charge on any atom is -0.324 e. The van der Waals surface area contributed by atoms with Gasteiger partial charge in [-0.25, -0.2) is 0 Å². The highest BCUT2D eigenvalue weighted by molar-refractivity contribution is 7.15. The molecule has 82 valence electrons. The minimum absolute atomic E-state index is 0.234. The van der Waals surface area contributed by atoms with Gasteiger partial charge in [-0.05, 0) is 12.1 Å². The van der Waals surface area contributed by atoms with Crippen molar-refractivity contribution >= 4 is 22.4 Å². The Bertz CT molecular complexity index is 484. The van der Waals surface area contributed by atoms with E-state index < -0.39 is 0 Å². The number of hydrogen-bond acceptors (Lipinski definition) is 6. The summed E-state index contributed by atoms with van der Waals surface area (Å²) < 4.78 is 0. The van der Waals surface area contributed by atoms with Gasteiger partial charge in [0, 0.05) is 24.5 Å². The molecule has 2 aromatic heterocycles. The van der Waals surface area contributed by atoms with E-state index in [1.54, 1.807) is 24.5 Å². The van der Waals surface area contributed by atoms with Gasteiger partial charge in [-0.2, -0.15) is 0 Å². The molecule has 7 heteroatoms. The summed E-state index contributed by atoms with van der Waals surface area (Å²) in [5.74, 6) is -0.234. The van der Waals surface area contributed by atoms with Crippen LogP contribution in [0.1, 0.15) is 15.4 Å². The van der Waals surface area contributed by atoms with Crippen LogP contribution in [0.4, 0.5) is 5.13 Å². The zero-order chi connectivity index (χ0) is 11.4. The lowest BCUT2D eigenvalue weighted by Gasteiger charge is -1.99. The molecular formula is C9H9N5OS. The van der Waals surface area contributed by atoms with Gasteiger partial charge in [-0.15, -0.1) is 10.2 Å². The van der Waals surface area contributed by atoms with E-state index in [0.717, 1.165) is 0 Å². The minimum atomic E-state index is -0.234. The first-order valence-electron chi connectivity index (χ1n) is 4.53. The Labute approximate surface area is 95.5 Å². The van der Waals surface area contributed by atoms with Crippen LogP contribution < -0.4 is 11.1 Å². The number of nitrogens with one attached hydrogen (secondary N) is 1. The van der Waals surface area contributed by atoms with Crippen molar-refractivity contribution in [2.75, 3.05) is 5.32 Å². The Morgan fingerprint density at radius 2 is 2.12 bits per heavy atom. The SMILES string of the molecule is NCc1nnc(NC(=O)c2ccncc2)s1. The first-order valence-corrected chi connectivity index (χ1v) is 5.35. The third-order valence-electron chi connectivity index (χ3n) is 1.80. The molecule has 1 amide bonds. The molecule has 0 radical (unpaired) electrons. The van der Waals surface area contributed by atoms with E-state index in [-0.39, 0.29) is 5.91 Å². The molecule has 0 saturated carbocycles. The lowest BCUT2D eigenvalue weighted by atomic mass is 10.2. The number of anilines is 1. The average molecular weight is 235 g/mol. The van der Waals surface area contributed by atoms with E-state index >= 15 is 0 Å². The maximum absolute atomic E-state index is 11.7. The molecule has 2 heterocycles. The Hall–Kier alpha value is -1.86. The molecule has 0 bridgehead atoms. The quantitative estimate of drug-likeness (QED) is 0.814.